The van der Waals surface area contributed by atoms with E-state index in [0.29, 0.717) is 30.5 Å². The SMILES string of the molecule is Cl.N[C@H](CC1CCCCC1)C(=O)N1CCC[C@H]1C(=O)NCc1cccc(Cl)c1. The maximum atomic E-state index is 12.9. The molecule has 2 amide bonds. The van der Waals surface area contributed by atoms with Gasteiger partial charge < -0.3 is 16.0 Å². The molecule has 2 fully saturated rings. The van der Waals surface area contributed by atoms with E-state index in [2.05, 4.69) is 5.32 Å². The van der Waals surface area contributed by atoms with Gasteiger partial charge in [-0.15, -0.1) is 12.4 Å². The third-order valence-corrected chi connectivity index (χ3v) is 6.06. The third-order valence-electron chi connectivity index (χ3n) is 5.82. The van der Waals surface area contributed by atoms with Gasteiger partial charge in [-0.2, -0.15) is 0 Å². The summed E-state index contributed by atoms with van der Waals surface area (Å²) in [5.41, 5.74) is 7.18. The summed E-state index contributed by atoms with van der Waals surface area (Å²) in [7, 11) is 0. The Morgan fingerprint density at radius 3 is 2.64 bits per heavy atom. The first-order valence-corrected chi connectivity index (χ1v) is 10.5. The van der Waals surface area contributed by atoms with E-state index in [0.717, 1.165) is 18.4 Å². The van der Waals surface area contributed by atoms with Crippen LogP contribution in [-0.4, -0.2) is 35.3 Å². The molecule has 1 aliphatic heterocycles. The molecule has 2 aliphatic rings. The van der Waals surface area contributed by atoms with Crippen molar-refractivity contribution >= 4 is 35.8 Å². The zero-order valence-electron chi connectivity index (χ0n) is 16.2. The number of carbonyl (C=O) groups excluding carboxylic acids is 2. The molecule has 0 unspecified atom stereocenters. The summed E-state index contributed by atoms with van der Waals surface area (Å²) >= 11 is 5.99. The Bertz CT molecular complexity index is 665. The molecule has 1 aliphatic carbocycles. The molecular weight excluding hydrogens is 397 g/mol. The average Bonchev–Trinajstić information content (AvgIpc) is 3.16. The van der Waals surface area contributed by atoms with Crippen LogP contribution in [0.4, 0.5) is 0 Å². The largest absolute Gasteiger partial charge is 0.350 e. The van der Waals surface area contributed by atoms with Gasteiger partial charge in [0, 0.05) is 18.1 Å². The van der Waals surface area contributed by atoms with Crippen LogP contribution in [0.3, 0.4) is 0 Å². The Balaban J connectivity index is 0.00000280. The Morgan fingerprint density at radius 2 is 1.93 bits per heavy atom. The van der Waals surface area contributed by atoms with Crippen LogP contribution in [-0.2, 0) is 16.1 Å². The maximum absolute atomic E-state index is 12.9. The van der Waals surface area contributed by atoms with Crippen molar-refractivity contribution in [2.24, 2.45) is 11.7 Å². The number of likely N-dealkylation sites (tertiary alicyclic amines) is 1. The van der Waals surface area contributed by atoms with Gasteiger partial charge in [0.25, 0.3) is 0 Å². The van der Waals surface area contributed by atoms with Crippen LogP contribution < -0.4 is 11.1 Å². The Hall–Kier alpha value is -1.30. The molecule has 0 radical (unpaired) electrons. The summed E-state index contributed by atoms with van der Waals surface area (Å²) in [5.74, 6) is 0.377. The summed E-state index contributed by atoms with van der Waals surface area (Å²) in [5, 5.41) is 3.59. The number of hydrogen-bond acceptors (Lipinski definition) is 3. The molecular formula is C21H31Cl2N3O2. The Morgan fingerprint density at radius 1 is 1.18 bits per heavy atom. The van der Waals surface area contributed by atoms with Gasteiger partial charge in [-0.05, 0) is 42.9 Å². The standard InChI is InChI=1S/C21H30ClN3O2.ClH/c22-17-9-4-8-16(12-17)14-24-20(26)19-10-5-11-25(19)21(27)18(23)13-15-6-2-1-3-7-15;/h4,8-9,12,15,18-19H,1-3,5-7,10-11,13-14,23H2,(H,24,26);1H/t18-,19+;/m1./s1. The lowest BCUT2D eigenvalue weighted by Crippen LogP contribution is -2.51. The fourth-order valence-corrected chi connectivity index (χ4v) is 4.57. The van der Waals surface area contributed by atoms with Crippen LogP contribution in [0.15, 0.2) is 24.3 Å². The van der Waals surface area contributed by atoms with Crippen molar-refractivity contribution in [1.82, 2.24) is 10.2 Å². The second kappa shape index (κ2) is 11.0. The molecule has 156 valence electrons. The minimum Gasteiger partial charge on any atom is -0.350 e. The predicted octanol–water partition coefficient (Wildman–Crippen LogP) is 3.67. The molecule has 1 aromatic rings. The molecule has 28 heavy (non-hydrogen) atoms. The number of carbonyl (C=O) groups is 2. The highest BCUT2D eigenvalue weighted by Gasteiger charge is 2.36. The van der Waals surface area contributed by atoms with E-state index < -0.39 is 12.1 Å². The highest BCUT2D eigenvalue weighted by atomic mass is 35.5. The van der Waals surface area contributed by atoms with Crippen LogP contribution in [0, 0.1) is 5.92 Å². The number of halogens is 2. The van der Waals surface area contributed by atoms with Gasteiger partial charge in [-0.25, -0.2) is 0 Å². The first kappa shape index (κ1) is 23.0. The molecule has 1 heterocycles. The molecule has 0 spiro atoms. The van der Waals surface area contributed by atoms with Gasteiger partial charge >= 0.3 is 0 Å². The number of rotatable bonds is 6. The smallest absolute Gasteiger partial charge is 0.243 e. The van der Waals surface area contributed by atoms with Crippen molar-refractivity contribution in [1.29, 1.82) is 0 Å². The van der Waals surface area contributed by atoms with Gasteiger partial charge in [0.05, 0.1) is 6.04 Å². The van der Waals surface area contributed by atoms with Gasteiger partial charge in [0.15, 0.2) is 0 Å². The molecule has 7 heteroatoms. The summed E-state index contributed by atoms with van der Waals surface area (Å²) < 4.78 is 0. The number of benzene rings is 1. The van der Waals surface area contributed by atoms with Crippen molar-refractivity contribution < 1.29 is 9.59 Å². The van der Waals surface area contributed by atoms with E-state index in [1.807, 2.05) is 18.2 Å². The number of amides is 2. The van der Waals surface area contributed by atoms with Gasteiger partial charge in [0.2, 0.25) is 11.8 Å². The quantitative estimate of drug-likeness (QED) is 0.726. The Kier molecular flexibility index (Phi) is 9.06. The maximum Gasteiger partial charge on any atom is 0.243 e. The highest BCUT2D eigenvalue weighted by molar-refractivity contribution is 6.30. The van der Waals surface area contributed by atoms with Crippen LogP contribution in [0.5, 0.6) is 0 Å². The zero-order chi connectivity index (χ0) is 19.2. The number of nitrogens with two attached hydrogens (primary N) is 1. The molecule has 0 aromatic heterocycles. The average molecular weight is 428 g/mol. The topological polar surface area (TPSA) is 75.4 Å². The van der Waals surface area contributed by atoms with E-state index in [-0.39, 0.29) is 24.2 Å². The fraction of sp³-hybridized carbons (Fsp3) is 0.619. The van der Waals surface area contributed by atoms with E-state index in [9.17, 15) is 9.59 Å². The molecule has 1 aromatic carbocycles. The van der Waals surface area contributed by atoms with Crippen LogP contribution in [0.1, 0.15) is 56.9 Å². The lowest BCUT2D eigenvalue weighted by molar-refractivity contribution is -0.139. The van der Waals surface area contributed by atoms with Gasteiger partial charge in [-0.1, -0.05) is 55.8 Å². The molecule has 1 saturated carbocycles. The lowest BCUT2D eigenvalue weighted by atomic mass is 9.84. The number of nitrogens with zero attached hydrogens (tertiary/aromatic N) is 1. The molecule has 3 N–H and O–H groups in total. The van der Waals surface area contributed by atoms with E-state index in [1.165, 1.54) is 32.1 Å². The summed E-state index contributed by atoms with van der Waals surface area (Å²) in [6.07, 6.45) is 8.40. The van der Waals surface area contributed by atoms with Crippen LogP contribution >= 0.6 is 24.0 Å². The number of nitrogens with one attached hydrogen (secondary N) is 1. The van der Waals surface area contributed by atoms with Crippen LogP contribution in [0.25, 0.3) is 0 Å². The zero-order valence-corrected chi connectivity index (χ0v) is 17.8. The van der Waals surface area contributed by atoms with Gasteiger partial charge in [0.1, 0.15) is 6.04 Å². The molecule has 5 nitrogen and oxygen atoms in total. The fourth-order valence-electron chi connectivity index (χ4n) is 4.35. The van der Waals surface area contributed by atoms with E-state index >= 15 is 0 Å². The van der Waals surface area contributed by atoms with E-state index in [1.54, 1.807) is 11.0 Å². The second-order valence-corrected chi connectivity index (χ2v) is 8.32. The number of hydrogen-bond donors (Lipinski definition) is 2. The van der Waals surface area contributed by atoms with Crippen molar-refractivity contribution in [2.45, 2.75) is 70.0 Å². The van der Waals surface area contributed by atoms with Crippen LogP contribution in [0.2, 0.25) is 5.02 Å². The van der Waals surface area contributed by atoms with Crippen molar-refractivity contribution in [2.75, 3.05) is 6.54 Å². The van der Waals surface area contributed by atoms with Gasteiger partial charge in [-0.3, -0.25) is 9.59 Å². The lowest BCUT2D eigenvalue weighted by Gasteiger charge is -2.29. The first-order chi connectivity index (χ1) is 13.0. The molecule has 0 bridgehead atoms. The molecule has 1 saturated heterocycles. The normalized spacial score (nSPS) is 21.1. The summed E-state index contributed by atoms with van der Waals surface area (Å²) in [6, 6.07) is 6.52. The third kappa shape index (κ3) is 6.10. The van der Waals surface area contributed by atoms with Crippen molar-refractivity contribution in [3.8, 4) is 0 Å². The monoisotopic (exact) mass is 427 g/mol. The highest BCUT2D eigenvalue weighted by Crippen LogP contribution is 2.28. The minimum absolute atomic E-state index is 0. The second-order valence-electron chi connectivity index (χ2n) is 7.88. The van der Waals surface area contributed by atoms with Crippen molar-refractivity contribution in [3.05, 3.63) is 34.9 Å². The van der Waals surface area contributed by atoms with E-state index in [4.69, 9.17) is 17.3 Å². The first-order valence-electron chi connectivity index (χ1n) is 10.1. The Labute approximate surface area is 178 Å². The van der Waals surface area contributed by atoms with Crippen molar-refractivity contribution in [3.63, 3.8) is 0 Å². The summed E-state index contributed by atoms with van der Waals surface area (Å²) in [4.78, 5) is 27.2. The summed E-state index contributed by atoms with van der Waals surface area (Å²) in [6.45, 7) is 1.03. The molecule has 2 atom stereocenters. The molecule has 3 rings (SSSR count). The predicted molar refractivity (Wildman–Crippen MR) is 114 cm³/mol. The minimum atomic E-state index is -0.491.